The lowest BCUT2D eigenvalue weighted by molar-refractivity contribution is 0.884. The van der Waals surface area contributed by atoms with Gasteiger partial charge in [0.15, 0.2) is 6.19 Å². The molecule has 0 aliphatic rings. The largest absolute Gasteiger partial charge is 0.237 e. The van der Waals surface area contributed by atoms with Crippen molar-refractivity contribution in [1.82, 2.24) is 9.55 Å². The third kappa shape index (κ3) is 1.12. The molecule has 1 aromatic rings. The second-order valence-corrected chi connectivity index (χ2v) is 2.49. The van der Waals surface area contributed by atoms with Crippen LogP contribution in [0.3, 0.4) is 0 Å². The Labute approximate surface area is 66.3 Å². The van der Waals surface area contributed by atoms with E-state index in [1.54, 1.807) is 4.57 Å². The summed E-state index contributed by atoms with van der Waals surface area (Å²) in [6, 6.07) is 0. The van der Waals surface area contributed by atoms with Crippen molar-refractivity contribution < 1.29 is 0 Å². The number of hydrogen-bond donors (Lipinski definition) is 0. The zero-order valence-electron chi connectivity index (χ0n) is 7.05. The summed E-state index contributed by atoms with van der Waals surface area (Å²) in [6.07, 6.45) is 2.90. The van der Waals surface area contributed by atoms with Gasteiger partial charge in [-0.25, -0.2) is 9.55 Å². The number of rotatable bonds is 1. The molecule has 0 saturated carbocycles. The van der Waals surface area contributed by atoms with E-state index in [0.29, 0.717) is 0 Å². The Morgan fingerprint density at radius 1 is 1.55 bits per heavy atom. The van der Waals surface area contributed by atoms with Gasteiger partial charge in [-0.05, 0) is 13.8 Å². The van der Waals surface area contributed by atoms with Crippen molar-refractivity contribution >= 4 is 0 Å². The van der Waals surface area contributed by atoms with Crippen LogP contribution >= 0.6 is 0 Å². The number of nitriles is 1. The van der Waals surface area contributed by atoms with Gasteiger partial charge in [-0.15, -0.1) is 0 Å². The minimum absolute atomic E-state index is 0.808. The average Bonchev–Trinajstić information content (AvgIpc) is 2.28. The lowest BCUT2D eigenvalue weighted by atomic mass is 10.4. The fourth-order valence-corrected chi connectivity index (χ4v) is 1.05. The van der Waals surface area contributed by atoms with Crippen LogP contribution in [-0.2, 0) is 6.42 Å². The molecule has 0 atom stereocenters. The van der Waals surface area contributed by atoms with Crippen LogP contribution in [0.1, 0.15) is 24.1 Å². The van der Waals surface area contributed by atoms with E-state index < -0.39 is 0 Å². The van der Waals surface area contributed by atoms with Crippen LogP contribution < -0.4 is 0 Å². The van der Waals surface area contributed by atoms with Crippen LogP contribution in [0, 0.1) is 25.3 Å². The summed E-state index contributed by atoms with van der Waals surface area (Å²) in [5.74, 6) is 0.850. The normalized spacial score (nSPS) is 9.64. The third-order valence-electron chi connectivity index (χ3n) is 1.83. The number of nitrogens with zero attached hydrogens (tertiary/aromatic N) is 3. The maximum atomic E-state index is 8.72. The number of aromatic nitrogens is 2. The van der Waals surface area contributed by atoms with Gasteiger partial charge in [0.05, 0.1) is 11.4 Å². The zero-order chi connectivity index (χ0) is 8.43. The highest BCUT2D eigenvalue weighted by Gasteiger charge is 2.07. The molecule has 1 aromatic heterocycles. The second-order valence-electron chi connectivity index (χ2n) is 2.49. The number of aryl methyl sites for hydroxylation is 2. The lowest BCUT2D eigenvalue weighted by Crippen LogP contribution is -1.97. The molecule has 0 N–H and O–H groups in total. The summed E-state index contributed by atoms with van der Waals surface area (Å²) in [4.78, 5) is 4.24. The van der Waals surface area contributed by atoms with Gasteiger partial charge in [0.2, 0.25) is 0 Å². The molecule has 1 rings (SSSR count). The maximum Gasteiger partial charge on any atom is 0.190 e. The fourth-order valence-electron chi connectivity index (χ4n) is 1.05. The van der Waals surface area contributed by atoms with Crippen molar-refractivity contribution in [2.75, 3.05) is 0 Å². The summed E-state index contributed by atoms with van der Waals surface area (Å²) in [7, 11) is 0. The van der Waals surface area contributed by atoms with E-state index in [0.717, 1.165) is 23.6 Å². The Hall–Kier alpha value is -1.30. The predicted molar refractivity (Wildman–Crippen MR) is 42.1 cm³/mol. The molecule has 0 bridgehead atoms. The maximum absolute atomic E-state index is 8.72. The van der Waals surface area contributed by atoms with Gasteiger partial charge in [0.25, 0.3) is 0 Å². The summed E-state index contributed by atoms with van der Waals surface area (Å²) in [5, 5.41) is 8.72. The van der Waals surface area contributed by atoms with E-state index in [2.05, 4.69) is 11.2 Å². The first-order valence-electron chi connectivity index (χ1n) is 3.65. The molecule has 0 amide bonds. The van der Waals surface area contributed by atoms with E-state index in [1.807, 2.05) is 20.8 Å². The molecule has 0 radical (unpaired) electrons. The van der Waals surface area contributed by atoms with E-state index >= 15 is 0 Å². The van der Waals surface area contributed by atoms with Gasteiger partial charge < -0.3 is 0 Å². The topological polar surface area (TPSA) is 41.6 Å². The van der Waals surface area contributed by atoms with Crippen LogP contribution in [0.5, 0.6) is 0 Å². The molecule has 58 valence electrons. The van der Waals surface area contributed by atoms with Crippen LogP contribution in [0.4, 0.5) is 0 Å². The summed E-state index contributed by atoms with van der Waals surface area (Å²) in [5.41, 5.74) is 1.90. The zero-order valence-corrected chi connectivity index (χ0v) is 7.05. The Morgan fingerprint density at radius 2 is 2.18 bits per heavy atom. The first kappa shape index (κ1) is 7.80. The Morgan fingerprint density at radius 3 is 2.55 bits per heavy atom. The molecular formula is C8H11N3. The highest BCUT2D eigenvalue weighted by Crippen LogP contribution is 2.08. The van der Waals surface area contributed by atoms with Crippen molar-refractivity contribution in [2.45, 2.75) is 27.2 Å². The minimum Gasteiger partial charge on any atom is -0.237 e. The van der Waals surface area contributed by atoms with Crippen molar-refractivity contribution in [3.05, 3.63) is 17.2 Å². The van der Waals surface area contributed by atoms with Crippen molar-refractivity contribution in [1.29, 1.82) is 5.26 Å². The Kier molecular flexibility index (Phi) is 1.95. The molecule has 11 heavy (non-hydrogen) atoms. The Bertz CT molecular complexity index is 304. The summed E-state index contributed by atoms with van der Waals surface area (Å²) < 4.78 is 1.58. The van der Waals surface area contributed by atoms with Gasteiger partial charge in [0.1, 0.15) is 5.82 Å². The molecule has 0 aliphatic carbocycles. The lowest BCUT2D eigenvalue weighted by Gasteiger charge is -1.93. The predicted octanol–water partition coefficient (Wildman–Crippen LogP) is 1.39. The van der Waals surface area contributed by atoms with Gasteiger partial charge in [0, 0.05) is 6.42 Å². The molecule has 3 heteroatoms. The van der Waals surface area contributed by atoms with E-state index in [1.165, 1.54) is 0 Å². The number of hydrogen-bond acceptors (Lipinski definition) is 2. The van der Waals surface area contributed by atoms with Crippen LogP contribution in [-0.4, -0.2) is 9.55 Å². The molecule has 0 spiro atoms. The van der Waals surface area contributed by atoms with Crippen molar-refractivity contribution in [2.24, 2.45) is 0 Å². The molecule has 0 aromatic carbocycles. The third-order valence-corrected chi connectivity index (χ3v) is 1.83. The standard InChI is InChI=1S/C8H11N3/c1-4-8-10-6(2)7(3)11(8)5-9/h4H2,1-3H3. The van der Waals surface area contributed by atoms with E-state index in [4.69, 9.17) is 5.26 Å². The number of imidazole rings is 1. The smallest absolute Gasteiger partial charge is 0.190 e. The van der Waals surface area contributed by atoms with Crippen LogP contribution in [0.15, 0.2) is 0 Å². The van der Waals surface area contributed by atoms with Gasteiger partial charge in [-0.1, -0.05) is 6.92 Å². The van der Waals surface area contributed by atoms with E-state index in [-0.39, 0.29) is 0 Å². The van der Waals surface area contributed by atoms with Gasteiger partial charge >= 0.3 is 0 Å². The quantitative estimate of drug-likeness (QED) is 0.605. The monoisotopic (exact) mass is 149 g/mol. The summed E-state index contributed by atoms with van der Waals surface area (Å²) >= 11 is 0. The SMILES string of the molecule is CCc1nc(C)c(C)n1C#N. The molecule has 1 heterocycles. The minimum atomic E-state index is 0.808. The molecular weight excluding hydrogens is 138 g/mol. The van der Waals surface area contributed by atoms with Crippen LogP contribution in [0.25, 0.3) is 0 Å². The molecule has 0 fully saturated rings. The molecule has 0 unspecified atom stereocenters. The van der Waals surface area contributed by atoms with E-state index in [9.17, 15) is 0 Å². The molecule has 3 nitrogen and oxygen atoms in total. The second kappa shape index (κ2) is 2.75. The first-order valence-corrected chi connectivity index (χ1v) is 3.65. The Balaban J connectivity index is 3.29. The van der Waals surface area contributed by atoms with Crippen molar-refractivity contribution in [3.8, 4) is 6.19 Å². The van der Waals surface area contributed by atoms with Crippen molar-refractivity contribution in [3.63, 3.8) is 0 Å². The highest BCUT2D eigenvalue weighted by molar-refractivity contribution is 5.18. The fraction of sp³-hybridized carbons (Fsp3) is 0.500. The van der Waals surface area contributed by atoms with Gasteiger partial charge in [-0.2, -0.15) is 5.26 Å². The molecule has 0 saturated heterocycles. The molecule has 0 aliphatic heterocycles. The summed E-state index contributed by atoms with van der Waals surface area (Å²) in [6.45, 7) is 5.82. The van der Waals surface area contributed by atoms with Gasteiger partial charge in [-0.3, -0.25) is 0 Å². The average molecular weight is 149 g/mol. The highest BCUT2D eigenvalue weighted by atomic mass is 15.1. The van der Waals surface area contributed by atoms with Crippen LogP contribution in [0.2, 0.25) is 0 Å². The first-order chi connectivity index (χ1) is 5.20.